The predicted octanol–water partition coefficient (Wildman–Crippen LogP) is 3.04. The number of hydrogen-bond acceptors (Lipinski definition) is 4. The maximum Gasteiger partial charge on any atom is 0.294 e. The van der Waals surface area contributed by atoms with Gasteiger partial charge < -0.3 is 9.47 Å². The lowest BCUT2D eigenvalue weighted by atomic mass is 10.1. The van der Waals surface area contributed by atoms with Crippen molar-refractivity contribution in [2.75, 3.05) is 13.1 Å². The number of hydrogen-bond donors (Lipinski definition) is 0. The molecule has 0 spiro atoms. The van der Waals surface area contributed by atoms with Crippen molar-refractivity contribution in [2.24, 2.45) is 0 Å². The molecule has 0 radical (unpaired) electrons. The Hall–Kier alpha value is -2.70. The first-order chi connectivity index (χ1) is 11.1. The Morgan fingerprint density at radius 3 is 2.52 bits per heavy atom. The number of amides is 1. The average Bonchev–Trinajstić information content (AvgIpc) is 3.07. The van der Waals surface area contributed by atoms with Crippen LogP contribution in [0.4, 0.5) is 5.69 Å². The van der Waals surface area contributed by atoms with Crippen LogP contribution in [-0.2, 0) is 0 Å². The van der Waals surface area contributed by atoms with Crippen LogP contribution >= 0.6 is 0 Å². The van der Waals surface area contributed by atoms with Crippen molar-refractivity contribution < 1.29 is 9.72 Å². The van der Waals surface area contributed by atoms with Crippen LogP contribution in [0.3, 0.4) is 0 Å². The van der Waals surface area contributed by atoms with E-state index < -0.39 is 4.92 Å². The lowest BCUT2D eigenvalue weighted by Gasteiger charge is -2.21. The van der Waals surface area contributed by atoms with Crippen molar-refractivity contribution in [3.8, 4) is 5.69 Å². The molecule has 0 fully saturated rings. The molecule has 0 aliphatic rings. The molecule has 0 saturated carbocycles. The fraction of sp³-hybridized carbons (Fsp3) is 0.375. The summed E-state index contributed by atoms with van der Waals surface area (Å²) >= 11 is 0. The SMILES string of the molecule is CCCN(CCC)C(=O)c1ccc(-n2ccnc2)c([N+](=O)[O-])c1. The van der Waals surface area contributed by atoms with Crippen molar-refractivity contribution in [1.82, 2.24) is 14.5 Å². The normalized spacial score (nSPS) is 10.5. The standard InChI is InChI=1S/C16H20N4O3/c1-3-8-18(9-4-2)16(21)13-5-6-14(15(11-13)20(22)23)19-10-7-17-12-19/h5-7,10-12H,3-4,8-9H2,1-2H3. The number of imidazole rings is 1. The van der Waals surface area contributed by atoms with E-state index >= 15 is 0 Å². The molecule has 0 aliphatic carbocycles. The van der Waals surface area contributed by atoms with E-state index in [-0.39, 0.29) is 11.6 Å². The molecule has 23 heavy (non-hydrogen) atoms. The number of carbonyl (C=O) groups is 1. The quantitative estimate of drug-likeness (QED) is 0.581. The van der Waals surface area contributed by atoms with E-state index in [0.717, 1.165) is 12.8 Å². The Bertz CT molecular complexity index is 677. The molecule has 7 heteroatoms. The average molecular weight is 316 g/mol. The maximum absolute atomic E-state index is 12.6. The van der Waals surface area contributed by atoms with E-state index in [2.05, 4.69) is 4.98 Å². The molecule has 0 N–H and O–H groups in total. The molecule has 2 aromatic rings. The fourth-order valence-corrected chi connectivity index (χ4v) is 2.46. The molecule has 1 aromatic heterocycles. The summed E-state index contributed by atoms with van der Waals surface area (Å²) in [5.41, 5.74) is 0.617. The third-order valence-electron chi connectivity index (χ3n) is 3.48. The third kappa shape index (κ3) is 3.74. The van der Waals surface area contributed by atoms with Crippen LogP contribution in [0.5, 0.6) is 0 Å². The minimum Gasteiger partial charge on any atom is -0.339 e. The van der Waals surface area contributed by atoms with Crippen LogP contribution in [0.1, 0.15) is 37.0 Å². The molecule has 0 unspecified atom stereocenters. The Labute approximate surface area is 134 Å². The van der Waals surface area contributed by atoms with Crippen molar-refractivity contribution in [2.45, 2.75) is 26.7 Å². The van der Waals surface area contributed by atoms with Crippen molar-refractivity contribution in [1.29, 1.82) is 0 Å². The second-order valence-electron chi connectivity index (χ2n) is 5.22. The van der Waals surface area contributed by atoms with Gasteiger partial charge in [0.2, 0.25) is 0 Å². The number of nitro benzene ring substituents is 1. The summed E-state index contributed by atoms with van der Waals surface area (Å²) in [4.78, 5) is 29.1. The number of aromatic nitrogens is 2. The second-order valence-corrected chi connectivity index (χ2v) is 5.22. The van der Waals surface area contributed by atoms with Gasteiger partial charge in [-0.25, -0.2) is 4.98 Å². The molecular formula is C16H20N4O3. The van der Waals surface area contributed by atoms with Crippen LogP contribution in [0.25, 0.3) is 5.69 Å². The summed E-state index contributed by atoms with van der Waals surface area (Å²) < 4.78 is 1.56. The minimum atomic E-state index is -0.476. The summed E-state index contributed by atoms with van der Waals surface area (Å²) in [5.74, 6) is -0.172. The fourth-order valence-electron chi connectivity index (χ4n) is 2.46. The molecule has 1 amide bonds. The monoisotopic (exact) mass is 316 g/mol. The van der Waals surface area contributed by atoms with Gasteiger partial charge in [-0.15, -0.1) is 0 Å². The van der Waals surface area contributed by atoms with Crippen LogP contribution in [-0.4, -0.2) is 38.4 Å². The highest BCUT2D eigenvalue weighted by Crippen LogP contribution is 2.25. The van der Waals surface area contributed by atoms with Gasteiger partial charge in [0.15, 0.2) is 0 Å². The van der Waals surface area contributed by atoms with Gasteiger partial charge in [0.25, 0.3) is 11.6 Å². The molecule has 0 bridgehead atoms. The van der Waals surface area contributed by atoms with Crippen molar-refractivity contribution in [3.63, 3.8) is 0 Å². The molecule has 1 heterocycles. The van der Waals surface area contributed by atoms with Crippen LogP contribution in [0, 0.1) is 10.1 Å². The predicted molar refractivity (Wildman–Crippen MR) is 86.7 cm³/mol. The Balaban J connectivity index is 2.39. The number of nitro groups is 1. The Morgan fingerprint density at radius 1 is 1.30 bits per heavy atom. The lowest BCUT2D eigenvalue weighted by Crippen LogP contribution is -2.32. The zero-order chi connectivity index (χ0) is 16.8. The van der Waals surface area contributed by atoms with E-state index in [1.54, 1.807) is 34.0 Å². The van der Waals surface area contributed by atoms with E-state index in [1.165, 1.54) is 12.4 Å². The van der Waals surface area contributed by atoms with E-state index in [1.807, 2.05) is 13.8 Å². The highest BCUT2D eigenvalue weighted by atomic mass is 16.6. The lowest BCUT2D eigenvalue weighted by molar-refractivity contribution is -0.384. The van der Waals surface area contributed by atoms with E-state index in [9.17, 15) is 14.9 Å². The van der Waals surface area contributed by atoms with Gasteiger partial charge in [-0.3, -0.25) is 14.9 Å². The highest BCUT2D eigenvalue weighted by molar-refractivity contribution is 5.95. The molecule has 122 valence electrons. The number of rotatable bonds is 7. The van der Waals surface area contributed by atoms with E-state index in [4.69, 9.17) is 0 Å². The summed E-state index contributed by atoms with van der Waals surface area (Å²) in [6, 6.07) is 4.56. The van der Waals surface area contributed by atoms with Gasteiger partial charge in [0.05, 0.1) is 11.3 Å². The van der Waals surface area contributed by atoms with Gasteiger partial charge >= 0.3 is 0 Å². The number of carbonyl (C=O) groups excluding carboxylic acids is 1. The maximum atomic E-state index is 12.6. The molecule has 7 nitrogen and oxygen atoms in total. The molecule has 1 aromatic carbocycles. The summed E-state index contributed by atoms with van der Waals surface area (Å²) in [7, 11) is 0. The summed E-state index contributed by atoms with van der Waals surface area (Å²) in [6.07, 6.45) is 6.36. The number of nitrogens with zero attached hydrogens (tertiary/aromatic N) is 4. The highest BCUT2D eigenvalue weighted by Gasteiger charge is 2.21. The van der Waals surface area contributed by atoms with Crippen LogP contribution in [0.2, 0.25) is 0 Å². The van der Waals surface area contributed by atoms with Crippen LogP contribution < -0.4 is 0 Å². The Kier molecular flexibility index (Phi) is 5.46. The van der Waals surface area contributed by atoms with Gasteiger partial charge in [0, 0.05) is 37.1 Å². The van der Waals surface area contributed by atoms with Crippen LogP contribution in [0.15, 0.2) is 36.9 Å². The first-order valence-electron chi connectivity index (χ1n) is 7.64. The minimum absolute atomic E-state index is 0.109. The van der Waals surface area contributed by atoms with Gasteiger partial charge in [-0.1, -0.05) is 13.8 Å². The smallest absolute Gasteiger partial charge is 0.294 e. The summed E-state index contributed by atoms with van der Waals surface area (Å²) in [5, 5.41) is 11.4. The molecular weight excluding hydrogens is 296 g/mol. The Morgan fingerprint density at radius 2 is 2.00 bits per heavy atom. The zero-order valence-corrected chi connectivity index (χ0v) is 13.3. The molecule has 0 saturated heterocycles. The molecule has 0 aliphatic heterocycles. The molecule has 0 atom stereocenters. The first-order valence-corrected chi connectivity index (χ1v) is 7.64. The molecule has 2 rings (SSSR count). The largest absolute Gasteiger partial charge is 0.339 e. The van der Waals surface area contributed by atoms with E-state index in [0.29, 0.717) is 24.3 Å². The number of benzene rings is 1. The van der Waals surface area contributed by atoms with Gasteiger partial charge in [0.1, 0.15) is 5.69 Å². The van der Waals surface area contributed by atoms with Gasteiger partial charge in [-0.2, -0.15) is 0 Å². The first kappa shape index (κ1) is 16.7. The van der Waals surface area contributed by atoms with Crippen molar-refractivity contribution >= 4 is 11.6 Å². The third-order valence-corrected chi connectivity index (χ3v) is 3.48. The zero-order valence-electron chi connectivity index (χ0n) is 13.3. The van der Waals surface area contributed by atoms with Gasteiger partial charge in [-0.05, 0) is 25.0 Å². The summed E-state index contributed by atoms with van der Waals surface area (Å²) in [6.45, 7) is 5.29. The topological polar surface area (TPSA) is 81.3 Å². The van der Waals surface area contributed by atoms with Crippen molar-refractivity contribution in [3.05, 3.63) is 52.6 Å². The second kappa shape index (κ2) is 7.53.